The van der Waals surface area contributed by atoms with E-state index in [4.69, 9.17) is 0 Å². The Hall–Kier alpha value is -2.14. The average molecular weight is 359 g/mol. The Labute approximate surface area is 137 Å². The van der Waals surface area contributed by atoms with Crippen LogP contribution < -0.4 is 10.2 Å². The molecule has 3 rings (SSSR count). The van der Waals surface area contributed by atoms with Crippen molar-refractivity contribution in [1.82, 2.24) is 0 Å². The summed E-state index contributed by atoms with van der Waals surface area (Å²) < 4.78 is 0.760. The third-order valence-corrected chi connectivity index (χ3v) is 4.34. The number of benzene rings is 2. The first-order valence-electron chi connectivity index (χ1n) is 7.09. The van der Waals surface area contributed by atoms with Gasteiger partial charge < -0.3 is 10.2 Å². The molecular weight excluding hydrogens is 344 g/mol. The topological polar surface area (TPSA) is 49.4 Å². The predicted octanol–water partition coefficient (Wildman–Crippen LogP) is 3.96. The second-order valence-electron chi connectivity index (χ2n) is 5.11. The SMILES string of the molecule is CCC(=O)Nc1ccc(N2Cc3ccccc3C2=O)cc1Br. The normalized spacial score (nSPS) is 13.2. The largest absolute Gasteiger partial charge is 0.325 e. The first kappa shape index (κ1) is 14.8. The molecule has 0 saturated carbocycles. The molecule has 112 valence electrons. The van der Waals surface area contributed by atoms with Gasteiger partial charge in [0.1, 0.15) is 0 Å². The second kappa shape index (κ2) is 5.93. The molecule has 0 aliphatic carbocycles. The highest BCUT2D eigenvalue weighted by molar-refractivity contribution is 9.10. The van der Waals surface area contributed by atoms with Gasteiger partial charge in [-0.2, -0.15) is 0 Å². The minimum absolute atomic E-state index is 0.00726. The highest BCUT2D eigenvalue weighted by Gasteiger charge is 2.28. The molecule has 2 amide bonds. The number of rotatable bonds is 3. The predicted molar refractivity (Wildman–Crippen MR) is 90.0 cm³/mol. The third kappa shape index (κ3) is 2.64. The summed E-state index contributed by atoms with van der Waals surface area (Å²) in [6.45, 7) is 2.37. The van der Waals surface area contributed by atoms with Crippen LogP contribution in [0.3, 0.4) is 0 Å². The lowest BCUT2D eigenvalue weighted by molar-refractivity contribution is -0.115. The molecule has 5 heteroatoms. The van der Waals surface area contributed by atoms with Crippen molar-refractivity contribution in [3.8, 4) is 0 Å². The van der Waals surface area contributed by atoms with Crippen LogP contribution in [0.2, 0.25) is 0 Å². The molecule has 1 heterocycles. The van der Waals surface area contributed by atoms with Gasteiger partial charge in [0.05, 0.1) is 12.2 Å². The lowest BCUT2D eigenvalue weighted by Crippen LogP contribution is -2.23. The van der Waals surface area contributed by atoms with Crippen LogP contribution in [0.1, 0.15) is 29.3 Å². The van der Waals surface area contributed by atoms with Crippen molar-refractivity contribution in [1.29, 1.82) is 0 Å². The maximum absolute atomic E-state index is 12.5. The highest BCUT2D eigenvalue weighted by Crippen LogP contribution is 2.33. The molecule has 2 aromatic carbocycles. The molecule has 1 N–H and O–H groups in total. The monoisotopic (exact) mass is 358 g/mol. The number of hydrogen-bond donors (Lipinski definition) is 1. The van der Waals surface area contributed by atoms with Gasteiger partial charge in [0, 0.05) is 22.1 Å². The summed E-state index contributed by atoms with van der Waals surface area (Å²) in [7, 11) is 0. The molecule has 2 aromatic rings. The fraction of sp³-hybridized carbons (Fsp3) is 0.176. The summed E-state index contributed by atoms with van der Waals surface area (Å²) >= 11 is 3.45. The number of nitrogens with one attached hydrogen (secondary N) is 1. The van der Waals surface area contributed by atoms with Crippen LogP contribution in [0.4, 0.5) is 11.4 Å². The number of hydrogen-bond acceptors (Lipinski definition) is 2. The van der Waals surface area contributed by atoms with Crippen molar-refractivity contribution < 1.29 is 9.59 Å². The zero-order valence-corrected chi connectivity index (χ0v) is 13.7. The van der Waals surface area contributed by atoms with E-state index in [0.717, 1.165) is 21.3 Å². The minimum Gasteiger partial charge on any atom is -0.325 e. The summed E-state index contributed by atoms with van der Waals surface area (Å²) in [5.41, 5.74) is 3.30. The quantitative estimate of drug-likeness (QED) is 0.902. The molecule has 0 bridgehead atoms. The number of halogens is 1. The van der Waals surface area contributed by atoms with Crippen LogP contribution in [0.25, 0.3) is 0 Å². The van der Waals surface area contributed by atoms with Gasteiger partial charge in [-0.25, -0.2) is 0 Å². The van der Waals surface area contributed by atoms with Gasteiger partial charge >= 0.3 is 0 Å². The average Bonchev–Trinajstić information content (AvgIpc) is 2.86. The van der Waals surface area contributed by atoms with Gasteiger partial charge in [-0.1, -0.05) is 25.1 Å². The number of nitrogens with zero attached hydrogens (tertiary/aromatic N) is 1. The molecule has 22 heavy (non-hydrogen) atoms. The Morgan fingerprint density at radius 3 is 2.73 bits per heavy atom. The van der Waals surface area contributed by atoms with Crippen LogP contribution in [0.5, 0.6) is 0 Å². The van der Waals surface area contributed by atoms with Crippen molar-refractivity contribution in [2.45, 2.75) is 19.9 Å². The molecule has 0 atom stereocenters. The lowest BCUT2D eigenvalue weighted by atomic mass is 10.1. The summed E-state index contributed by atoms with van der Waals surface area (Å²) in [6.07, 6.45) is 0.425. The summed E-state index contributed by atoms with van der Waals surface area (Å²) in [4.78, 5) is 25.7. The third-order valence-electron chi connectivity index (χ3n) is 3.68. The molecule has 1 aliphatic heterocycles. The van der Waals surface area contributed by atoms with Crippen molar-refractivity contribution in [3.63, 3.8) is 0 Å². The van der Waals surface area contributed by atoms with Crippen LogP contribution in [-0.4, -0.2) is 11.8 Å². The summed E-state index contributed by atoms with van der Waals surface area (Å²) in [5, 5.41) is 2.82. The molecule has 0 spiro atoms. The molecule has 0 unspecified atom stereocenters. The first-order valence-corrected chi connectivity index (χ1v) is 7.88. The Morgan fingerprint density at radius 1 is 1.27 bits per heavy atom. The Bertz CT molecular complexity index is 758. The van der Waals surface area contributed by atoms with E-state index < -0.39 is 0 Å². The number of carbonyl (C=O) groups excluding carboxylic acids is 2. The molecule has 1 aliphatic rings. The van der Waals surface area contributed by atoms with Crippen molar-refractivity contribution >= 4 is 39.1 Å². The molecule has 4 nitrogen and oxygen atoms in total. The van der Waals surface area contributed by atoms with E-state index in [1.54, 1.807) is 11.8 Å². The maximum Gasteiger partial charge on any atom is 0.258 e. The van der Waals surface area contributed by atoms with Crippen molar-refractivity contribution in [2.24, 2.45) is 0 Å². The lowest BCUT2D eigenvalue weighted by Gasteiger charge is -2.17. The van der Waals surface area contributed by atoms with Crippen LogP contribution in [-0.2, 0) is 11.3 Å². The van der Waals surface area contributed by atoms with Gasteiger partial charge in [0.15, 0.2) is 0 Å². The van der Waals surface area contributed by atoms with E-state index in [1.807, 2.05) is 42.5 Å². The van der Waals surface area contributed by atoms with Gasteiger partial charge in [-0.3, -0.25) is 9.59 Å². The zero-order valence-electron chi connectivity index (χ0n) is 12.1. The van der Waals surface area contributed by atoms with Crippen molar-refractivity contribution in [2.75, 3.05) is 10.2 Å². The zero-order chi connectivity index (χ0) is 15.7. The number of anilines is 2. The van der Waals surface area contributed by atoms with Crippen LogP contribution in [0.15, 0.2) is 46.9 Å². The fourth-order valence-corrected chi connectivity index (χ4v) is 2.94. The molecule has 0 saturated heterocycles. The Morgan fingerprint density at radius 2 is 2.05 bits per heavy atom. The number of carbonyl (C=O) groups is 2. The minimum atomic E-state index is -0.0434. The van der Waals surface area contributed by atoms with Crippen LogP contribution in [0, 0.1) is 0 Å². The smallest absolute Gasteiger partial charge is 0.258 e. The number of amides is 2. The second-order valence-corrected chi connectivity index (χ2v) is 5.97. The van der Waals surface area contributed by atoms with E-state index in [-0.39, 0.29) is 11.8 Å². The van der Waals surface area contributed by atoms with E-state index in [9.17, 15) is 9.59 Å². The summed E-state index contributed by atoms with van der Waals surface area (Å²) in [6, 6.07) is 13.1. The molecule has 0 aromatic heterocycles. The van der Waals surface area contributed by atoms with Crippen LogP contribution >= 0.6 is 15.9 Å². The maximum atomic E-state index is 12.5. The standard InChI is InChI=1S/C17H15BrN2O2/c1-2-16(21)19-15-8-7-12(9-14(15)18)20-10-11-5-3-4-6-13(11)17(20)22/h3-9H,2,10H2,1H3,(H,19,21). The Balaban J connectivity index is 1.87. The first-order chi connectivity index (χ1) is 10.6. The van der Waals surface area contributed by atoms with E-state index in [1.165, 1.54) is 0 Å². The van der Waals surface area contributed by atoms with Gasteiger partial charge in [-0.05, 0) is 45.8 Å². The van der Waals surface area contributed by atoms with Gasteiger partial charge in [0.25, 0.3) is 5.91 Å². The van der Waals surface area contributed by atoms with Crippen molar-refractivity contribution in [3.05, 3.63) is 58.1 Å². The molecule has 0 fully saturated rings. The van der Waals surface area contributed by atoms with E-state index >= 15 is 0 Å². The number of fused-ring (bicyclic) bond motifs is 1. The van der Waals surface area contributed by atoms with Gasteiger partial charge in [-0.15, -0.1) is 0 Å². The Kier molecular flexibility index (Phi) is 3.98. The van der Waals surface area contributed by atoms with E-state index in [2.05, 4.69) is 21.2 Å². The van der Waals surface area contributed by atoms with Gasteiger partial charge in [0.2, 0.25) is 5.91 Å². The summed E-state index contributed by atoms with van der Waals surface area (Å²) in [5.74, 6) is -0.0362. The van der Waals surface area contributed by atoms with E-state index in [0.29, 0.717) is 18.7 Å². The molecular formula is C17H15BrN2O2. The highest BCUT2D eigenvalue weighted by atomic mass is 79.9. The fourth-order valence-electron chi connectivity index (χ4n) is 2.47. The molecule has 0 radical (unpaired) electrons.